The molecular formula is C16H23N5O. The van der Waals surface area contributed by atoms with Crippen LogP contribution in [0.15, 0.2) is 36.8 Å². The minimum atomic E-state index is -0.225. The van der Waals surface area contributed by atoms with Crippen LogP contribution in [0.3, 0.4) is 0 Å². The zero-order valence-electron chi connectivity index (χ0n) is 13.3. The molecule has 0 aromatic carbocycles. The van der Waals surface area contributed by atoms with E-state index in [1.54, 1.807) is 12.4 Å². The molecule has 118 valence electrons. The first kappa shape index (κ1) is 16.0. The summed E-state index contributed by atoms with van der Waals surface area (Å²) in [5.41, 5.74) is 0.832. The molecule has 2 N–H and O–H groups in total. The fourth-order valence-electron chi connectivity index (χ4n) is 2.18. The predicted molar refractivity (Wildman–Crippen MR) is 85.1 cm³/mol. The number of carbonyl (C=O) groups excluding carboxylic acids is 1. The normalized spacial score (nSPS) is 12.2. The number of urea groups is 1. The fourth-order valence-corrected chi connectivity index (χ4v) is 2.18. The third kappa shape index (κ3) is 4.58. The molecule has 2 aromatic heterocycles. The molecule has 0 unspecified atom stereocenters. The summed E-state index contributed by atoms with van der Waals surface area (Å²) < 4.78 is 2.06. The molecule has 2 amide bonds. The van der Waals surface area contributed by atoms with Gasteiger partial charge in [0.1, 0.15) is 5.82 Å². The third-order valence-corrected chi connectivity index (χ3v) is 3.25. The Bertz CT molecular complexity index is 594. The van der Waals surface area contributed by atoms with Gasteiger partial charge in [-0.05, 0) is 25.0 Å². The minimum Gasteiger partial charge on any atom is -0.333 e. The summed E-state index contributed by atoms with van der Waals surface area (Å²) in [6.45, 7) is 7.50. The van der Waals surface area contributed by atoms with Gasteiger partial charge in [0.05, 0.1) is 18.3 Å². The Morgan fingerprint density at radius 2 is 2.05 bits per heavy atom. The van der Waals surface area contributed by atoms with Gasteiger partial charge in [-0.3, -0.25) is 4.98 Å². The van der Waals surface area contributed by atoms with Gasteiger partial charge >= 0.3 is 6.03 Å². The average Bonchev–Trinajstić information content (AvgIpc) is 2.92. The van der Waals surface area contributed by atoms with E-state index < -0.39 is 0 Å². The SMILES string of the molecule is CC(C)Cn1ccnc1CNC(=O)N[C@@H](C)c1ccccn1. The number of amides is 2. The molecule has 6 heteroatoms. The van der Waals surface area contributed by atoms with Crippen molar-refractivity contribution in [3.8, 4) is 0 Å². The highest BCUT2D eigenvalue weighted by Gasteiger charge is 2.11. The van der Waals surface area contributed by atoms with Gasteiger partial charge in [-0.2, -0.15) is 0 Å². The second kappa shape index (κ2) is 7.59. The Kier molecular flexibility index (Phi) is 5.52. The van der Waals surface area contributed by atoms with Gasteiger partial charge in [0.25, 0.3) is 0 Å². The van der Waals surface area contributed by atoms with Crippen LogP contribution in [0.4, 0.5) is 4.79 Å². The molecule has 6 nitrogen and oxygen atoms in total. The van der Waals surface area contributed by atoms with E-state index in [0.717, 1.165) is 18.1 Å². The van der Waals surface area contributed by atoms with Crippen molar-refractivity contribution in [3.63, 3.8) is 0 Å². The van der Waals surface area contributed by atoms with Crippen molar-refractivity contribution in [1.82, 2.24) is 25.2 Å². The molecule has 0 saturated carbocycles. The molecule has 2 heterocycles. The molecule has 0 aliphatic rings. The van der Waals surface area contributed by atoms with Crippen LogP contribution in [-0.4, -0.2) is 20.6 Å². The van der Waals surface area contributed by atoms with E-state index in [1.165, 1.54) is 0 Å². The minimum absolute atomic E-state index is 0.142. The molecule has 0 aliphatic heterocycles. The molecular weight excluding hydrogens is 278 g/mol. The van der Waals surface area contributed by atoms with Crippen molar-refractivity contribution in [2.45, 2.75) is 39.9 Å². The molecule has 0 fully saturated rings. The lowest BCUT2D eigenvalue weighted by molar-refractivity contribution is 0.237. The van der Waals surface area contributed by atoms with Crippen LogP contribution >= 0.6 is 0 Å². The van der Waals surface area contributed by atoms with E-state index in [4.69, 9.17) is 0 Å². The molecule has 2 aromatic rings. The van der Waals surface area contributed by atoms with E-state index in [0.29, 0.717) is 12.5 Å². The van der Waals surface area contributed by atoms with Crippen LogP contribution < -0.4 is 10.6 Å². The maximum Gasteiger partial charge on any atom is 0.315 e. The number of hydrogen-bond donors (Lipinski definition) is 2. The van der Waals surface area contributed by atoms with Crippen molar-refractivity contribution in [2.75, 3.05) is 0 Å². The summed E-state index contributed by atoms with van der Waals surface area (Å²) in [6, 6.07) is 5.28. The summed E-state index contributed by atoms with van der Waals surface area (Å²) in [6.07, 6.45) is 5.41. The number of carbonyl (C=O) groups is 1. The number of nitrogens with one attached hydrogen (secondary N) is 2. The lowest BCUT2D eigenvalue weighted by Crippen LogP contribution is -2.37. The quantitative estimate of drug-likeness (QED) is 0.861. The Morgan fingerprint density at radius 3 is 2.73 bits per heavy atom. The van der Waals surface area contributed by atoms with Gasteiger partial charge < -0.3 is 15.2 Å². The topological polar surface area (TPSA) is 71.8 Å². The first-order valence-electron chi connectivity index (χ1n) is 7.51. The number of aromatic nitrogens is 3. The Hall–Kier alpha value is -2.37. The molecule has 2 rings (SSSR count). The van der Waals surface area contributed by atoms with Crippen molar-refractivity contribution in [2.24, 2.45) is 5.92 Å². The van der Waals surface area contributed by atoms with Crippen molar-refractivity contribution < 1.29 is 4.79 Å². The summed E-state index contributed by atoms with van der Waals surface area (Å²) in [5.74, 6) is 1.39. The zero-order chi connectivity index (χ0) is 15.9. The molecule has 0 radical (unpaired) electrons. The summed E-state index contributed by atoms with van der Waals surface area (Å²) in [5, 5.41) is 5.71. The number of hydrogen-bond acceptors (Lipinski definition) is 3. The molecule has 1 atom stereocenters. The summed E-state index contributed by atoms with van der Waals surface area (Å²) >= 11 is 0. The zero-order valence-corrected chi connectivity index (χ0v) is 13.3. The summed E-state index contributed by atoms with van der Waals surface area (Å²) in [7, 11) is 0. The monoisotopic (exact) mass is 301 g/mol. The van der Waals surface area contributed by atoms with Gasteiger partial charge in [-0.25, -0.2) is 9.78 Å². The van der Waals surface area contributed by atoms with Gasteiger partial charge in [0.15, 0.2) is 0 Å². The standard InChI is InChI=1S/C16H23N5O/c1-12(2)11-21-9-8-18-15(21)10-19-16(22)20-13(3)14-6-4-5-7-17-14/h4-9,12-13H,10-11H2,1-3H3,(H2,19,20,22)/t13-/m0/s1. The maximum atomic E-state index is 12.0. The second-order valence-electron chi connectivity index (χ2n) is 5.69. The van der Waals surface area contributed by atoms with Gasteiger partial charge in [-0.1, -0.05) is 19.9 Å². The Balaban J connectivity index is 1.84. The van der Waals surface area contributed by atoms with Gasteiger partial charge in [0, 0.05) is 25.1 Å². The van der Waals surface area contributed by atoms with Crippen molar-refractivity contribution in [3.05, 3.63) is 48.3 Å². The number of nitrogens with zero attached hydrogens (tertiary/aromatic N) is 3. The molecule has 0 spiro atoms. The van der Waals surface area contributed by atoms with E-state index in [1.807, 2.05) is 31.3 Å². The highest BCUT2D eigenvalue weighted by molar-refractivity contribution is 5.74. The summed E-state index contributed by atoms with van der Waals surface area (Å²) in [4.78, 5) is 20.5. The van der Waals surface area contributed by atoms with Gasteiger partial charge in [-0.15, -0.1) is 0 Å². The first-order valence-corrected chi connectivity index (χ1v) is 7.51. The highest BCUT2D eigenvalue weighted by Crippen LogP contribution is 2.07. The van der Waals surface area contributed by atoms with E-state index in [9.17, 15) is 4.79 Å². The van der Waals surface area contributed by atoms with Crippen LogP contribution in [-0.2, 0) is 13.1 Å². The number of rotatable bonds is 6. The van der Waals surface area contributed by atoms with Crippen molar-refractivity contribution in [1.29, 1.82) is 0 Å². The number of pyridine rings is 1. The predicted octanol–water partition coefficient (Wildman–Crippen LogP) is 2.49. The largest absolute Gasteiger partial charge is 0.333 e. The van der Waals surface area contributed by atoms with Crippen LogP contribution in [0.25, 0.3) is 0 Å². The van der Waals surface area contributed by atoms with Crippen LogP contribution in [0.2, 0.25) is 0 Å². The van der Waals surface area contributed by atoms with Crippen LogP contribution in [0.1, 0.15) is 38.3 Å². The van der Waals surface area contributed by atoms with E-state index in [2.05, 4.69) is 39.0 Å². The lowest BCUT2D eigenvalue weighted by atomic mass is 10.2. The highest BCUT2D eigenvalue weighted by atomic mass is 16.2. The van der Waals surface area contributed by atoms with Crippen molar-refractivity contribution >= 4 is 6.03 Å². The molecule has 22 heavy (non-hydrogen) atoms. The number of imidazole rings is 1. The Labute approximate surface area is 131 Å². The molecule has 0 aliphatic carbocycles. The smallest absolute Gasteiger partial charge is 0.315 e. The van der Waals surface area contributed by atoms with E-state index in [-0.39, 0.29) is 12.1 Å². The molecule has 0 bridgehead atoms. The first-order chi connectivity index (χ1) is 10.6. The van der Waals surface area contributed by atoms with E-state index >= 15 is 0 Å². The Morgan fingerprint density at radius 1 is 1.23 bits per heavy atom. The average molecular weight is 301 g/mol. The fraction of sp³-hybridized carbons (Fsp3) is 0.438. The van der Waals surface area contributed by atoms with Crippen LogP contribution in [0, 0.1) is 5.92 Å². The lowest BCUT2D eigenvalue weighted by Gasteiger charge is -2.15. The third-order valence-electron chi connectivity index (χ3n) is 3.25. The second-order valence-corrected chi connectivity index (χ2v) is 5.69. The molecule has 0 saturated heterocycles. The maximum absolute atomic E-state index is 12.0. The van der Waals surface area contributed by atoms with Crippen LogP contribution in [0.5, 0.6) is 0 Å². The van der Waals surface area contributed by atoms with Gasteiger partial charge in [0.2, 0.25) is 0 Å².